The van der Waals surface area contributed by atoms with Crippen LogP contribution in [-0.2, 0) is 19.4 Å². The summed E-state index contributed by atoms with van der Waals surface area (Å²) in [6.07, 6.45) is 1.87. The minimum Gasteiger partial charge on any atom is -0.249 e. The van der Waals surface area contributed by atoms with Crippen molar-refractivity contribution in [2.75, 3.05) is 5.75 Å². The van der Waals surface area contributed by atoms with E-state index < -0.39 is 0 Å². The van der Waals surface area contributed by atoms with Crippen LogP contribution in [0.4, 0.5) is 0 Å². The third-order valence-corrected chi connectivity index (χ3v) is 4.87. The van der Waals surface area contributed by atoms with Gasteiger partial charge in [0.05, 0.1) is 6.54 Å². The molecule has 0 saturated heterocycles. The molecule has 19 heavy (non-hydrogen) atoms. The molecular formula is C15H19N3S. The van der Waals surface area contributed by atoms with Gasteiger partial charge >= 0.3 is 0 Å². The van der Waals surface area contributed by atoms with Gasteiger partial charge in [-0.1, -0.05) is 32.0 Å². The van der Waals surface area contributed by atoms with Gasteiger partial charge in [0.25, 0.3) is 0 Å². The second-order valence-electron chi connectivity index (χ2n) is 4.88. The van der Waals surface area contributed by atoms with Crippen molar-refractivity contribution in [1.29, 1.82) is 0 Å². The van der Waals surface area contributed by atoms with Crippen molar-refractivity contribution in [3.63, 3.8) is 0 Å². The summed E-state index contributed by atoms with van der Waals surface area (Å²) in [6, 6.07) is 8.73. The molecule has 100 valence electrons. The zero-order chi connectivity index (χ0) is 13.2. The number of thioether (sulfide) groups is 1. The smallest absolute Gasteiger partial charge is 0.150 e. The molecule has 0 radical (unpaired) electrons. The highest BCUT2D eigenvalue weighted by Gasteiger charge is 2.24. The molecule has 1 aromatic carbocycles. The van der Waals surface area contributed by atoms with Gasteiger partial charge in [0.15, 0.2) is 5.82 Å². The molecule has 2 aromatic rings. The SMILES string of the molecule is CCc1nc(CC)n(CC2CSc3ccccc32)n1. The first-order chi connectivity index (χ1) is 9.31. The Morgan fingerprint density at radius 1 is 1.26 bits per heavy atom. The summed E-state index contributed by atoms with van der Waals surface area (Å²) < 4.78 is 2.12. The fourth-order valence-corrected chi connectivity index (χ4v) is 3.81. The summed E-state index contributed by atoms with van der Waals surface area (Å²) in [6.45, 7) is 5.22. The molecule has 0 amide bonds. The fraction of sp³-hybridized carbons (Fsp3) is 0.467. The summed E-state index contributed by atoms with van der Waals surface area (Å²) in [4.78, 5) is 6.02. The van der Waals surface area contributed by atoms with Crippen LogP contribution in [0.15, 0.2) is 29.2 Å². The third kappa shape index (κ3) is 2.41. The Morgan fingerprint density at radius 3 is 2.89 bits per heavy atom. The van der Waals surface area contributed by atoms with Crippen molar-refractivity contribution in [1.82, 2.24) is 14.8 Å². The van der Waals surface area contributed by atoms with Crippen molar-refractivity contribution < 1.29 is 0 Å². The average molecular weight is 273 g/mol. The van der Waals surface area contributed by atoms with E-state index in [9.17, 15) is 0 Å². The number of aryl methyl sites for hydroxylation is 2. The van der Waals surface area contributed by atoms with Gasteiger partial charge in [-0.05, 0) is 11.6 Å². The van der Waals surface area contributed by atoms with Gasteiger partial charge in [-0.15, -0.1) is 11.8 Å². The highest BCUT2D eigenvalue weighted by molar-refractivity contribution is 7.99. The maximum Gasteiger partial charge on any atom is 0.150 e. The number of hydrogen-bond donors (Lipinski definition) is 0. The maximum atomic E-state index is 4.63. The Morgan fingerprint density at radius 2 is 2.11 bits per heavy atom. The van der Waals surface area contributed by atoms with E-state index in [4.69, 9.17) is 0 Å². The Labute approximate surface area is 118 Å². The van der Waals surface area contributed by atoms with Gasteiger partial charge in [0.1, 0.15) is 5.82 Å². The molecule has 2 heterocycles. The number of fused-ring (bicyclic) bond motifs is 1. The molecule has 1 aliphatic rings. The van der Waals surface area contributed by atoms with Crippen LogP contribution in [0.3, 0.4) is 0 Å². The van der Waals surface area contributed by atoms with Gasteiger partial charge < -0.3 is 0 Å². The van der Waals surface area contributed by atoms with Crippen LogP contribution >= 0.6 is 11.8 Å². The lowest BCUT2D eigenvalue weighted by Gasteiger charge is -2.12. The van der Waals surface area contributed by atoms with E-state index in [1.165, 1.54) is 10.5 Å². The second-order valence-corrected chi connectivity index (χ2v) is 5.94. The standard InChI is InChI=1S/C15H19N3S/c1-3-14-16-15(4-2)18(17-14)9-11-10-19-13-8-6-5-7-12(11)13/h5-8,11H,3-4,9-10H2,1-2H3. The van der Waals surface area contributed by atoms with Gasteiger partial charge in [0, 0.05) is 29.4 Å². The summed E-state index contributed by atoms with van der Waals surface area (Å²) >= 11 is 1.96. The van der Waals surface area contributed by atoms with E-state index in [0.717, 1.165) is 36.8 Å². The highest BCUT2D eigenvalue weighted by atomic mass is 32.2. The van der Waals surface area contributed by atoms with E-state index in [-0.39, 0.29) is 0 Å². The second kappa shape index (κ2) is 5.37. The first kappa shape index (κ1) is 12.7. The van der Waals surface area contributed by atoms with Crippen LogP contribution in [-0.4, -0.2) is 20.5 Å². The van der Waals surface area contributed by atoms with Crippen molar-refractivity contribution >= 4 is 11.8 Å². The summed E-state index contributed by atoms with van der Waals surface area (Å²) in [5.74, 6) is 3.81. The Kier molecular flexibility index (Phi) is 3.60. The molecule has 1 atom stereocenters. The molecular weight excluding hydrogens is 254 g/mol. The largest absolute Gasteiger partial charge is 0.249 e. The monoisotopic (exact) mass is 273 g/mol. The Hall–Kier alpha value is -1.29. The molecule has 0 bridgehead atoms. The zero-order valence-electron chi connectivity index (χ0n) is 11.5. The lowest BCUT2D eigenvalue weighted by Crippen LogP contribution is -2.13. The summed E-state index contributed by atoms with van der Waals surface area (Å²) in [7, 11) is 0. The molecule has 0 aliphatic carbocycles. The molecule has 3 nitrogen and oxygen atoms in total. The number of nitrogens with zero attached hydrogens (tertiary/aromatic N) is 3. The van der Waals surface area contributed by atoms with Crippen LogP contribution < -0.4 is 0 Å². The van der Waals surface area contributed by atoms with Crippen molar-refractivity contribution in [2.45, 2.75) is 44.0 Å². The van der Waals surface area contributed by atoms with Gasteiger partial charge in [-0.2, -0.15) is 5.10 Å². The lowest BCUT2D eigenvalue weighted by molar-refractivity contribution is 0.524. The minimum absolute atomic E-state index is 0.568. The Bertz CT molecular complexity index is 577. The quantitative estimate of drug-likeness (QED) is 0.856. The fourth-order valence-electron chi connectivity index (χ4n) is 2.57. The summed E-state index contributed by atoms with van der Waals surface area (Å²) in [5, 5.41) is 4.63. The topological polar surface area (TPSA) is 30.7 Å². The Balaban J connectivity index is 1.85. The molecule has 1 aliphatic heterocycles. The first-order valence-corrected chi connectivity index (χ1v) is 7.94. The molecule has 0 fully saturated rings. The lowest BCUT2D eigenvalue weighted by atomic mass is 10.0. The van der Waals surface area contributed by atoms with Gasteiger partial charge in [-0.25, -0.2) is 9.67 Å². The predicted molar refractivity (Wildman–Crippen MR) is 78.7 cm³/mol. The predicted octanol–water partition coefficient (Wildman–Crippen LogP) is 3.29. The molecule has 0 N–H and O–H groups in total. The molecule has 0 spiro atoms. The van der Waals surface area contributed by atoms with Crippen LogP contribution in [0.1, 0.15) is 37.0 Å². The molecule has 3 rings (SSSR count). The average Bonchev–Trinajstić information content (AvgIpc) is 3.04. The van der Waals surface area contributed by atoms with Crippen LogP contribution in [0.5, 0.6) is 0 Å². The zero-order valence-corrected chi connectivity index (χ0v) is 12.3. The molecule has 1 unspecified atom stereocenters. The van der Waals surface area contributed by atoms with Gasteiger partial charge in [-0.3, -0.25) is 0 Å². The first-order valence-electron chi connectivity index (χ1n) is 6.96. The molecule has 0 saturated carbocycles. The van der Waals surface area contributed by atoms with Crippen molar-refractivity contribution in [3.8, 4) is 0 Å². The summed E-state index contributed by atoms with van der Waals surface area (Å²) in [5.41, 5.74) is 1.48. The maximum absolute atomic E-state index is 4.63. The third-order valence-electron chi connectivity index (χ3n) is 3.62. The highest BCUT2D eigenvalue weighted by Crippen LogP contribution is 2.40. The van der Waals surface area contributed by atoms with Crippen LogP contribution in [0.25, 0.3) is 0 Å². The van der Waals surface area contributed by atoms with E-state index in [1.807, 2.05) is 11.8 Å². The normalized spacial score (nSPS) is 17.7. The number of aromatic nitrogens is 3. The van der Waals surface area contributed by atoms with Gasteiger partial charge in [0.2, 0.25) is 0 Å². The molecule has 4 heteroatoms. The minimum atomic E-state index is 0.568. The van der Waals surface area contributed by atoms with Crippen LogP contribution in [0.2, 0.25) is 0 Å². The molecule has 1 aromatic heterocycles. The van der Waals surface area contributed by atoms with E-state index in [1.54, 1.807) is 0 Å². The van der Waals surface area contributed by atoms with E-state index >= 15 is 0 Å². The van der Waals surface area contributed by atoms with Crippen LogP contribution in [0, 0.1) is 0 Å². The van der Waals surface area contributed by atoms with E-state index in [0.29, 0.717) is 5.92 Å². The van der Waals surface area contributed by atoms with Crippen molar-refractivity contribution in [2.24, 2.45) is 0 Å². The number of benzene rings is 1. The van der Waals surface area contributed by atoms with Crippen molar-refractivity contribution in [3.05, 3.63) is 41.5 Å². The number of hydrogen-bond acceptors (Lipinski definition) is 3. The number of rotatable bonds is 4. The van der Waals surface area contributed by atoms with E-state index in [2.05, 4.69) is 52.9 Å².